The van der Waals surface area contributed by atoms with Gasteiger partial charge in [-0.3, -0.25) is 9.10 Å². The van der Waals surface area contributed by atoms with Gasteiger partial charge < -0.3 is 5.32 Å². The average molecular weight is 403 g/mol. The molecule has 2 aromatic carbocycles. The van der Waals surface area contributed by atoms with E-state index in [-0.39, 0.29) is 18.5 Å². The highest BCUT2D eigenvalue weighted by molar-refractivity contribution is 7.92. The lowest BCUT2D eigenvalue weighted by Crippen LogP contribution is -2.42. The van der Waals surface area contributed by atoms with Gasteiger partial charge >= 0.3 is 0 Å². The number of nitrogens with one attached hydrogen (secondary N) is 1. The zero-order valence-corrected chi connectivity index (χ0v) is 18.4. The van der Waals surface area contributed by atoms with Gasteiger partial charge in [-0.15, -0.1) is 0 Å². The van der Waals surface area contributed by atoms with Gasteiger partial charge in [0.1, 0.15) is 6.54 Å². The van der Waals surface area contributed by atoms with Crippen molar-refractivity contribution in [3.8, 4) is 0 Å². The predicted octanol–water partition coefficient (Wildman–Crippen LogP) is 3.95. The standard InChI is InChI=1S/C22H30N2O3S/c1-7-20(19-12-11-15(2)13-17(19)4)23-22(25)14-24(28(6,26)27)21-10-8-9-16(3)18(21)5/h8-13,20H,7,14H2,1-6H3,(H,23,25)/t20-/m0/s1. The van der Waals surface area contributed by atoms with Crippen LogP contribution in [0.1, 0.15) is 47.2 Å². The zero-order chi connectivity index (χ0) is 21.1. The van der Waals surface area contributed by atoms with Crippen LogP contribution in [0.4, 0.5) is 5.69 Å². The molecule has 2 aromatic rings. The van der Waals surface area contributed by atoms with E-state index < -0.39 is 10.0 Å². The van der Waals surface area contributed by atoms with Crippen LogP contribution in [-0.4, -0.2) is 27.1 Å². The minimum atomic E-state index is -3.60. The summed E-state index contributed by atoms with van der Waals surface area (Å²) in [6.07, 6.45) is 1.85. The number of carbonyl (C=O) groups is 1. The smallest absolute Gasteiger partial charge is 0.241 e. The predicted molar refractivity (Wildman–Crippen MR) is 115 cm³/mol. The van der Waals surface area contributed by atoms with Crippen molar-refractivity contribution in [2.75, 3.05) is 17.1 Å². The molecule has 0 bridgehead atoms. The number of sulfonamides is 1. The summed E-state index contributed by atoms with van der Waals surface area (Å²) in [5.41, 5.74) is 5.70. The first-order valence-corrected chi connectivity index (χ1v) is 11.3. The van der Waals surface area contributed by atoms with E-state index >= 15 is 0 Å². The Morgan fingerprint density at radius 1 is 1.07 bits per heavy atom. The SMILES string of the molecule is CC[C@H](NC(=O)CN(c1cccc(C)c1C)S(C)(=O)=O)c1ccc(C)cc1C. The molecule has 1 atom stereocenters. The second kappa shape index (κ2) is 8.78. The molecule has 6 heteroatoms. The highest BCUT2D eigenvalue weighted by Crippen LogP contribution is 2.25. The number of amides is 1. The van der Waals surface area contributed by atoms with Gasteiger partial charge in [0.15, 0.2) is 0 Å². The lowest BCUT2D eigenvalue weighted by Gasteiger charge is -2.26. The molecule has 5 nitrogen and oxygen atoms in total. The molecule has 0 aliphatic heterocycles. The number of hydrogen-bond acceptors (Lipinski definition) is 3. The Morgan fingerprint density at radius 2 is 1.75 bits per heavy atom. The monoisotopic (exact) mass is 402 g/mol. The van der Waals surface area contributed by atoms with Crippen LogP contribution in [-0.2, 0) is 14.8 Å². The molecule has 0 radical (unpaired) electrons. The first-order valence-electron chi connectivity index (χ1n) is 9.45. The van der Waals surface area contributed by atoms with Crippen LogP contribution < -0.4 is 9.62 Å². The molecular weight excluding hydrogens is 372 g/mol. The summed E-state index contributed by atoms with van der Waals surface area (Å²) < 4.78 is 26.0. The lowest BCUT2D eigenvalue weighted by molar-refractivity contribution is -0.120. The van der Waals surface area contributed by atoms with E-state index in [1.165, 1.54) is 9.87 Å². The van der Waals surface area contributed by atoms with Crippen LogP contribution in [0.2, 0.25) is 0 Å². The quantitative estimate of drug-likeness (QED) is 0.762. The van der Waals surface area contributed by atoms with Crippen molar-refractivity contribution in [2.24, 2.45) is 0 Å². The van der Waals surface area contributed by atoms with Crippen molar-refractivity contribution in [3.05, 3.63) is 64.2 Å². The summed E-state index contributed by atoms with van der Waals surface area (Å²) in [5, 5.41) is 3.00. The second-order valence-electron chi connectivity index (χ2n) is 7.38. The normalized spacial score (nSPS) is 12.5. The molecule has 0 heterocycles. The number of rotatable bonds is 7. The fourth-order valence-electron chi connectivity index (χ4n) is 3.37. The summed E-state index contributed by atoms with van der Waals surface area (Å²) in [5.74, 6) is -0.321. The Balaban J connectivity index is 2.27. The van der Waals surface area contributed by atoms with Gasteiger partial charge in [-0.25, -0.2) is 8.42 Å². The average Bonchev–Trinajstić information content (AvgIpc) is 2.60. The van der Waals surface area contributed by atoms with Gasteiger partial charge in [-0.1, -0.05) is 42.8 Å². The van der Waals surface area contributed by atoms with Crippen molar-refractivity contribution < 1.29 is 13.2 Å². The maximum Gasteiger partial charge on any atom is 0.241 e. The summed E-state index contributed by atoms with van der Waals surface area (Å²) >= 11 is 0. The Morgan fingerprint density at radius 3 is 2.32 bits per heavy atom. The molecule has 0 unspecified atom stereocenters. The van der Waals surface area contributed by atoms with Crippen LogP contribution in [0.15, 0.2) is 36.4 Å². The molecule has 0 aliphatic carbocycles. The van der Waals surface area contributed by atoms with E-state index in [0.29, 0.717) is 5.69 Å². The molecular formula is C22H30N2O3S. The van der Waals surface area contributed by atoms with Crippen molar-refractivity contribution in [1.82, 2.24) is 5.32 Å². The second-order valence-corrected chi connectivity index (χ2v) is 9.28. The van der Waals surface area contributed by atoms with Crippen molar-refractivity contribution >= 4 is 21.6 Å². The van der Waals surface area contributed by atoms with Crippen molar-refractivity contribution in [3.63, 3.8) is 0 Å². The zero-order valence-electron chi connectivity index (χ0n) is 17.5. The van der Waals surface area contributed by atoms with Crippen LogP contribution in [0.3, 0.4) is 0 Å². The fourth-order valence-corrected chi connectivity index (χ4v) is 4.28. The topological polar surface area (TPSA) is 66.5 Å². The molecule has 1 N–H and O–H groups in total. The number of aryl methyl sites for hydroxylation is 3. The molecule has 1 amide bonds. The third-order valence-corrected chi connectivity index (χ3v) is 6.20. The van der Waals surface area contributed by atoms with E-state index in [4.69, 9.17) is 0 Å². The van der Waals surface area contributed by atoms with E-state index in [0.717, 1.165) is 34.9 Å². The number of nitrogens with zero attached hydrogens (tertiary/aromatic N) is 1. The molecule has 0 aromatic heterocycles. The lowest BCUT2D eigenvalue weighted by atomic mass is 9.97. The number of anilines is 1. The first-order chi connectivity index (χ1) is 13.0. The van der Waals surface area contributed by atoms with Gasteiger partial charge in [0, 0.05) is 0 Å². The van der Waals surface area contributed by atoms with Gasteiger partial charge in [0.05, 0.1) is 18.0 Å². The van der Waals surface area contributed by atoms with Gasteiger partial charge in [0.2, 0.25) is 15.9 Å². The van der Waals surface area contributed by atoms with Crippen LogP contribution in [0, 0.1) is 27.7 Å². The van der Waals surface area contributed by atoms with Crippen molar-refractivity contribution in [1.29, 1.82) is 0 Å². The first kappa shape index (κ1) is 22.0. The van der Waals surface area contributed by atoms with E-state index in [1.807, 2.05) is 52.8 Å². The van der Waals surface area contributed by atoms with E-state index in [9.17, 15) is 13.2 Å². The Hall–Kier alpha value is -2.34. The van der Waals surface area contributed by atoms with Crippen LogP contribution in [0.25, 0.3) is 0 Å². The molecule has 0 fully saturated rings. The highest BCUT2D eigenvalue weighted by atomic mass is 32.2. The molecule has 0 saturated heterocycles. The molecule has 2 rings (SSSR count). The third kappa shape index (κ3) is 5.13. The largest absolute Gasteiger partial charge is 0.348 e. The molecule has 152 valence electrons. The molecule has 0 saturated carbocycles. The molecule has 28 heavy (non-hydrogen) atoms. The maximum absolute atomic E-state index is 12.8. The number of hydrogen-bond donors (Lipinski definition) is 1. The van der Waals surface area contributed by atoms with E-state index in [1.54, 1.807) is 12.1 Å². The van der Waals surface area contributed by atoms with Gasteiger partial charge in [-0.2, -0.15) is 0 Å². The van der Waals surface area contributed by atoms with Crippen LogP contribution in [0.5, 0.6) is 0 Å². The minimum Gasteiger partial charge on any atom is -0.348 e. The van der Waals surface area contributed by atoms with Crippen molar-refractivity contribution in [2.45, 2.75) is 47.1 Å². The number of benzene rings is 2. The van der Waals surface area contributed by atoms with Gasteiger partial charge in [0.25, 0.3) is 0 Å². The van der Waals surface area contributed by atoms with Gasteiger partial charge in [-0.05, 0) is 62.4 Å². The Bertz CT molecular complexity index is 968. The van der Waals surface area contributed by atoms with E-state index in [2.05, 4.69) is 11.4 Å². The minimum absolute atomic E-state index is 0.159. The molecule has 0 aliphatic rings. The summed E-state index contributed by atoms with van der Waals surface area (Å²) in [7, 11) is -3.60. The third-order valence-electron chi connectivity index (χ3n) is 5.08. The Labute approximate surface area is 168 Å². The maximum atomic E-state index is 12.8. The summed E-state index contributed by atoms with van der Waals surface area (Å²) in [4.78, 5) is 12.8. The fraction of sp³-hybridized carbons (Fsp3) is 0.409. The van der Waals surface area contributed by atoms with Crippen LogP contribution >= 0.6 is 0 Å². The summed E-state index contributed by atoms with van der Waals surface area (Å²) in [6.45, 7) is 9.60. The molecule has 0 spiro atoms. The highest BCUT2D eigenvalue weighted by Gasteiger charge is 2.24. The number of carbonyl (C=O) groups excluding carboxylic acids is 1. The summed E-state index contributed by atoms with van der Waals surface area (Å²) in [6, 6.07) is 11.4. The Kier molecular flexibility index (Phi) is 6.88.